The normalized spacial score (nSPS) is 19.2. The molecule has 2 aliphatic carbocycles. The molecule has 1 N–H and O–H groups in total. The Balaban J connectivity index is 1.57. The van der Waals surface area contributed by atoms with Gasteiger partial charge in [0.2, 0.25) is 0 Å². The summed E-state index contributed by atoms with van der Waals surface area (Å²) in [5.74, 6) is 0. The molecular formula is C18H22N2S. The Morgan fingerprint density at radius 2 is 1.95 bits per heavy atom. The van der Waals surface area contributed by atoms with Gasteiger partial charge in [0, 0.05) is 10.9 Å². The summed E-state index contributed by atoms with van der Waals surface area (Å²) in [4.78, 5) is 6.53. The summed E-state index contributed by atoms with van der Waals surface area (Å²) in [7, 11) is 0. The molecule has 1 aromatic carbocycles. The molecular weight excluding hydrogens is 276 g/mol. The Bertz CT molecular complexity index is 577. The molecule has 3 heteroatoms. The van der Waals surface area contributed by atoms with Crippen LogP contribution in [-0.4, -0.2) is 11.0 Å². The number of thiazole rings is 1. The second-order valence-corrected chi connectivity index (χ2v) is 7.43. The van der Waals surface area contributed by atoms with E-state index in [4.69, 9.17) is 4.98 Å². The molecule has 0 saturated heterocycles. The smallest absolute Gasteiger partial charge is 0.110 e. The average molecular weight is 298 g/mol. The number of aryl methyl sites for hydroxylation is 2. The summed E-state index contributed by atoms with van der Waals surface area (Å²) < 4.78 is 0. The number of aromatic nitrogens is 1. The van der Waals surface area contributed by atoms with E-state index in [9.17, 15) is 0 Å². The minimum absolute atomic E-state index is 0.399. The number of nitrogens with zero attached hydrogens (tertiary/aromatic N) is 1. The fourth-order valence-corrected chi connectivity index (χ4v) is 4.34. The Morgan fingerprint density at radius 1 is 1.14 bits per heavy atom. The van der Waals surface area contributed by atoms with Crippen LogP contribution in [0.1, 0.15) is 52.9 Å². The second kappa shape index (κ2) is 5.90. The van der Waals surface area contributed by atoms with Gasteiger partial charge in [0.15, 0.2) is 0 Å². The minimum Gasteiger partial charge on any atom is -0.305 e. The Morgan fingerprint density at radius 3 is 2.71 bits per heavy atom. The molecule has 110 valence electrons. The molecule has 0 amide bonds. The summed E-state index contributed by atoms with van der Waals surface area (Å²) in [6.07, 6.45) is 8.81. The maximum Gasteiger partial charge on any atom is 0.110 e. The molecule has 2 aliphatic rings. The molecule has 2 nitrogen and oxygen atoms in total. The molecule has 21 heavy (non-hydrogen) atoms. The highest BCUT2D eigenvalue weighted by molar-refractivity contribution is 7.11. The lowest BCUT2D eigenvalue weighted by molar-refractivity contribution is 0.523. The van der Waals surface area contributed by atoms with E-state index in [-0.39, 0.29) is 0 Å². The first kappa shape index (κ1) is 13.5. The van der Waals surface area contributed by atoms with Gasteiger partial charge in [-0.1, -0.05) is 30.3 Å². The third kappa shape index (κ3) is 3.19. The van der Waals surface area contributed by atoms with Crippen molar-refractivity contribution in [2.24, 2.45) is 0 Å². The van der Waals surface area contributed by atoms with Crippen LogP contribution in [0.15, 0.2) is 30.3 Å². The quantitative estimate of drug-likeness (QED) is 0.900. The van der Waals surface area contributed by atoms with Gasteiger partial charge in [-0.05, 0) is 50.5 Å². The Hall–Kier alpha value is -1.19. The van der Waals surface area contributed by atoms with Crippen LogP contribution in [0.25, 0.3) is 0 Å². The third-order valence-corrected chi connectivity index (χ3v) is 5.73. The van der Waals surface area contributed by atoms with E-state index in [0.717, 1.165) is 12.5 Å². The maximum absolute atomic E-state index is 4.98. The van der Waals surface area contributed by atoms with E-state index in [1.54, 1.807) is 4.88 Å². The van der Waals surface area contributed by atoms with E-state index < -0.39 is 0 Å². The molecule has 1 unspecified atom stereocenters. The maximum atomic E-state index is 4.98. The molecule has 1 atom stereocenters. The van der Waals surface area contributed by atoms with Crippen molar-refractivity contribution in [1.82, 2.24) is 10.3 Å². The van der Waals surface area contributed by atoms with Crippen LogP contribution in [0.2, 0.25) is 0 Å². The summed E-state index contributed by atoms with van der Waals surface area (Å²) in [5.41, 5.74) is 2.79. The lowest BCUT2D eigenvalue weighted by Gasteiger charge is -2.16. The first-order valence-corrected chi connectivity index (χ1v) is 8.98. The molecule has 0 aliphatic heterocycles. The zero-order valence-electron chi connectivity index (χ0n) is 12.3. The van der Waals surface area contributed by atoms with Crippen molar-refractivity contribution in [3.8, 4) is 0 Å². The van der Waals surface area contributed by atoms with Crippen LogP contribution < -0.4 is 5.32 Å². The van der Waals surface area contributed by atoms with Crippen molar-refractivity contribution in [3.63, 3.8) is 0 Å². The first-order chi connectivity index (χ1) is 10.4. The molecule has 0 bridgehead atoms. The number of hydrogen-bond donors (Lipinski definition) is 1. The SMILES string of the molecule is c1ccc(CC(NC2CC2)c2nc3c(s2)CCCC3)cc1. The fraction of sp³-hybridized carbons (Fsp3) is 0.500. The highest BCUT2D eigenvalue weighted by atomic mass is 32.1. The molecule has 0 radical (unpaired) electrons. The molecule has 1 heterocycles. The lowest BCUT2D eigenvalue weighted by Crippen LogP contribution is -2.25. The Kier molecular flexibility index (Phi) is 3.78. The van der Waals surface area contributed by atoms with E-state index >= 15 is 0 Å². The van der Waals surface area contributed by atoms with Gasteiger partial charge < -0.3 is 5.32 Å². The van der Waals surface area contributed by atoms with Gasteiger partial charge in [0.05, 0.1) is 11.7 Å². The molecule has 2 aromatic rings. The van der Waals surface area contributed by atoms with E-state index in [0.29, 0.717) is 6.04 Å². The van der Waals surface area contributed by atoms with Gasteiger partial charge in [0.1, 0.15) is 5.01 Å². The predicted octanol–water partition coefficient (Wildman–Crippen LogP) is 4.06. The predicted molar refractivity (Wildman–Crippen MR) is 87.8 cm³/mol. The van der Waals surface area contributed by atoms with Gasteiger partial charge in [-0.15, -0.1) is 11.3 Å². The summed E-state index contributed by atoms with van der Waals surface area (Å²) in [5, 5.41) is 5.13. The van der Waals surface area contributed by atoms with Gasteiger partial charge >= 0.3 is 0 Å². The number of rotatable bonds is 5. The van der Waals surface area contributed by atoms with Gasteiger partial charge in [-0.2, -0.15) is 0 Å². The summed E-state index contributed by atoms with van der Waals surface area (Å²) in [6.45, 7) is 0. The van der Waals surface area contributed by atoms with E-state index in [2.05, 4.69) is 35.6 Å². The Labute approximate surface area is 130 Å². The number of benzene rings is 1. The van der Waals surface area contributed by atoms with Crippen LogP contribution in [0.5, 0.6) is 0 Å². The van der Waals surface area contributed by atoms with Gasteiger partial charge in [-0.3, -0.25) is 0 Å². The van der Waals surface area contributed by atoms with Gasteiger partial charge in [-0.25, -0.2) is 4.98 Å². The molecule has 1 aromatic heterocycles. The largest absolute Gasteiger partial charge is 0.305 e. The molecule has 1 saturated carbocycles. The van der Waals surface area contributed by atoms with Gasteiger partial charge in [0.25, 0.3) is 0 Å². The standard InChI is InChI=1S/C18H22N2S/c1-2-6-13(7-3-1)12-16(19-14-10-11-14)18-20-15-8-4-5-9-17(15)21-18/h1-3,6-7,14,16,19H,4-5,8-12H2. The van der Waals surface area contributed by atoms with Crippen molar-refractivity contribution < 1.29 is 0 Å². The zero-order valence-corrected chi connectivity index (χ0v) is 13.2. The number of hydrogen-bond acceptors (Lipinski definition) is 3. The van der Waals surface area contributed by atoms with E-state index in [1.807, 2.05) is 11.3 Å². The first-order valence-electron chi connectivity index (χ1n) is 8.17. The summed E-state index contributed by atoms with van der Waals surface area (Å²) >= 11 is 1.96. The highest BCUT2D eigenvalue weighted by Crippen LogP contribution is 2.33. The molecule has 1 fully saturated rings. The van der Waals surface area contributed by atoms with Crippen molar-refractivity contribution >= 4 is 11.3 Å². The van der Waals surface area contributed by atoms with Crippen molar-refractivity contribution in [3.05, 3.63) is 51.5 Å². The van der Waals surface area contributed by atoms with Crippen LogP contribution in [0.4, 0.5) is 0 Å². The van der Waals surface area contributed by atoms with Crippen LogP contribution in [0.3, 0.4) is 0 Å². The number of nitrogens with one attached hydrogen (secondary N) is 1. The van der Waals surface area contributed by atoms with Crippen molar-refractivity contribution in [1.29, 1.82) is 0 Å². The molecule has 0 spiro atoms. The summed E-state index contributed by atoms with van der Waals surface area (Å²) in [6, 6.07) is 11.9. The zero-order chi connectivity index (χ0) is 14.1. The van der Waals surface area contributed by atoms with Crippen LogP contribution >= 0.6 is 11.3 Å². The average Bonchev–Trinajstić information content (AvgIpc) is 3.23. The fourth-order valence-electron chi connectivity index (χ4n) is 3.12. The third-order valence-electron chi connectivity index (χ3n) is 4.46. The lowest BCUT2D eigenvalue weighted by atomic mass is 10.0. The monoisotopic (exact) mass is 298 g/mol. The minimum atomic E-state index is 0.399. The van der Waals surface area contributed by atoms with Crippen LogP contribution in [-0.2, 0) is 19.3 Å². The second-order valence-electron chi connectivity index (χ2n) is 6.31. The van der Waals surface area contributed by atoms with Crippen molar-refractivity contribution in [2.45, 2.75) is 57.0 Å². The van der Waals surface area contributed by atoms with Crippen molar-refractivity contribution in [2.75, 3.05) is 0 Å². The highest BCUT2D eigenvalue weighted by Gasteiger charge is 2.28. The van der Waals surface area contributed by atoms with Crippen LogP contribution in [0, 0.1) is 0 Å². The topological polar surface area (TPSA) is 24.9 Å². The molecule has 4 rings (SSSR count). The number of fused-ring (bicyclic) bond motifs is 1. The van der Waals surface area contributed by atoms with E-state index in [1.165, 1.54) is 54.8 Å².